The zero-order chi connectivity index (χ0) is 14.3. The minimum absolute atomic E-state index is 0.140. The van der Waals surface area contributed by atoms with Crippen LogP contribution in [-0.2, 0) is 10.0 Å². The highest BCUT2D eigenvalue weighted by atomic mass is 32.2. The monoisotopic (exact) mass is 287 g/mol. The zero-order valence-corrected chi connectivity index (χ0v) is 11.7. The molecule has 2 heterocycles. The first-order chi connectivity index (χ1) is 8.72. The van der Waals surface area contributed by atoms with E-state index in [9.17, 15) is 13.2 Å². The van der Waals surface area contributed by atoms with Crippen molar-refractivity contribution in [2.45, 2.75) is 31.8 Å². The third-order valence-corrected chi connectivity index (χ3v) is 5.24. The molecule has 0 atom stereocenters. The number of carbonyl (C=O) groups is 1. The highest BCUT2D eigenvalue weighted by Gasteiger charge is 2.34. The van der Waals surface area contributed by atoms with E-state index in [1.807, 2.05) is 0 Å². The molecule has 1 N–H and O–H groups in total. The van der Waals surface area contributed by atoms with Crippen molar-refractivity contribution < 1.29 is 22.7 Å². The predicted molar refractivity (Wildman–Crippen MR) is 67.4 cm³/mol. The van der Waals surface area contributed by atoms with E-state index in [0.717, 1.165) is 18.9 Å². The normalized spacial score (nSPS) is 20.3. The zero-order valence-electron chi connectivity index (χ0n) is 10.9. The van der Waals surface area contributed by atoms with Crippen molar-refractivity contribution in [1.29, 1.82) is 0 Å². The van der Waals surface area contributed by atoms with Crippen LogP contribution in [0.4, 0.5) is 0 Å². The maximum Gasteiger partial charge on any atom is 0.371 e. The number of carboxylic acids is 1. The first-order valence-corrected chi connectivity index (χ1v) is 7.50. The topological polar surface area (TPSA) is 87.8 Å². The Morgan fingerprint density at radius 3 is 2.37 bits per heavy atom. The van der Waals surface area contributed by atoms with E-state index in [1.54, 1.807) is 0 Å². The van der Waals surface area contributed by atoms with Crippen molar-refractivity contribution in [3.8, 4) is 0 Å². The number of aromatic carboxylic acids is 1. The minimum Gasteiger partial charge on any atom is -0.475 e. The van der Waals surface area contributed by atoms with Gasteiger partial charge in [-0.2, -0.15) is 4.31 Å². The van der Waals surface area contributed by atoms with Crippen LogP contribution in [-0.4, -0.2) is 36.9 Å². The van der Waals surface area contributed by atoms with Gasteiger partial charge in [-0.1, -0.05) is 13.8 Å². The number of carboxylic acid groups (broad SMARTS) is 1. The van der Waals surface area contributed by atoms with Gasteiger partial charge < -0.3 is 9.52 Å². The van der Waals surface area contributed by atoms with Gasteiger partial charge >= 0.3 is 5.97 Å². The number of nitrogens with zero attached hydrogens (tertiary/aromatic N) is 1. The third-order valence-electron chi connectivity index (χ3n) is 3.46. The molecule has 0 spiro atoms. The van der Waals surface area contributed by atoms with Gasteiger partial charge in [0.25, 0.3) is 10.0 Å². The van der Waals surface area contributed by atoms with Crippen LogP contribution in [0.5, 0.6) is 0 Å². The number of piperidine rings is 1. The molecule has 19 heavy (non-hydrogen) atoms. The number of hydrogen-bond donors (Lipinski definition) is 1. The molecule has 0 aromatic carbocycles. The van der Waals surface area contributed by atoms with Gasteiger partial charge in [0, 0.05) is 13.1 Å². The second kappa shape index (κ2) is 4.64. The summed E-state index contributed by atoms with van der Waals surface area (Å²) in [5.74, 6) is -1.64. The van der Waals surface area contributed by atoms with Gasteiger partial charge in [0.15, 0.2) is 0 Å². The summed E-state index contributed by atoms with van der Waals surface area (Å²) in [5, 5.41) is 8.44. The van der Waals surface area contributed by atoms with Gasteiger partial charge in [-0.05, 0) is 30.4 Å². The van der Waals surface area contributed by atoms with Crippen molar-refractivity contribution in [1.82, 2.24) is 4.31 Å². The van der Waals surface area contributed by atoms with Crippen LogP contribution in [0, 0.1) is 5.41 Å². The molecule has 1 fully saturated rings. The summed E-state index contributed by atoms with van der Waals surface area (Å²) in [6.07, 6.45) is 1.55. The van der Waals surface area contributed by atoms with Crippen LogP contribution in [0.15, 0.2) is 21.6 Å². The Morgan fingerprint density at radius 1 is 1.32 bits per heavy atom. The molecule has 0 aliphatic carbocycles. The highest BCUT2D eigenvalue weighted by molar-refractivity contribution is 7.89. The summed E-state index contributed by atoms with van der Waals surface area (Å²) in [6, 6.07) is 2.35. The van der Waals surface area contributed by atoms with Crippen molar-refractivity contribution in [2.75, 3.05) is 13.1 Å². The lowest BCUT2D eigenvalue weighted by Gasteiger charge is -2.35. The molecule has 1 aromatic rings. The highest BCUT2D eigenvalue weighted by Crippen LogP contribution is 2.32. The molecule has 6 nitrogen and oxygen atoms in total. The summed E-state index contributed by atoms with van der Waals surface area (Å²) in [5.41, 5.74) is 0.140. The van der Waals surface area contributed by atoms with Crippen LogP contribution >= 0.6 is 0 Å². The Bertz CT molecular complexity index is 577. The number of furan rings is 1. The molecule has 2 rings (SSSR count). The number of hydrogen-bond acceptors (Lipinski definition) is 4. The van der Waals surface area contributed by atoms with Gasteiger partial charge in [-0.3, -0.25) is 0 Å². The van der Waals surface area contributed by atoms with Crippen LogP contribution in [0.25, 0.3) is 0 Å². The second-order valence-electron chi connectivity index (χ2n) is 5.49. The molecule has 1 aliphatic rings. The predicted octanol–water partition coefficient (Wildman–Crippen LogP) is 1.79. The molecule has 1 saturated heterocycles. The SMILES string of the molecule is CC1(C)CCN(S(=O)(=O)c2ccc(C(=O)O)o2)CC1. The maximum atomic E-state index is 12.3. The average Bonchev–Trinajstić information content (AvgIpc) is 2.78. The van der Waals surface area contributed by atoms with E-state index in [1.165, 1.54) is 10.4 Å². The molecule has 7 heteroatoms. The smallest absolute Gasteiger partial charge is 0.371 e. The summed E-state index contributed by atoms with van der Waals surface area (Å²) >= 11 is 0. The fourth-order valence-corrected chi connectivity index (χ4v) is 3.39. The molecule has 0 amide bonds. The maximum absolute atomic E-state index is 12.3. The molecule has 106 valence electrons. The molecule has 1 aliphatic heterocycles. The lowest BCUT2D eigenvalue weighted by atomic mass is 9.83. The van der Waals surface area contributed by atoms with Crippen LogP contribution in [0.1, 0.15) is 37.2 Å². The van der Waals surface area contributed by atoms with E-state index in [-0.39, 0.29) is 16.3 Å². The van der Waals surface area contributed by atoms with E-state index >= 15 is 0 Å². The van der Waals surface area contributed by atoms with Crippen LogP contribution < -0.4 is 0 Å². The first kappa shape index (κ1) is 14.1. The van der Waals surface area contributed by atoms with E-state index < -0.39 is 16.0 Å². The summed E-state index contributed by atoms with van der Waals surface area (Å²) < 4.78 is 30.8. The Morgan fingerprint density at radius 2 is 1.89 bits per heavy atom. The lowest BCUT2D eigenvalue weighted by Crippen LogP contribution is -2.40. The van der Waals surface area contributed by atoms with Gasteiger partial charge in [0.2, 0.25) is 10.9 Å². The van der Waals surface area contributed by atoms with Crippen LogP contribution in [0.2, 0.25) is 0 Å². The Hall–Kier alpha value is -1.34. The quantitative estimate of drug-likeness (QED) is 0.915. The molecular weight excluding hydrogens is 270 g/mol. The van der Waals surface area contributed by atoms with Crippen molar-refractivity contribution in [3.05, 3.63) is 17.9 Å². The number of sulfonamides is 1. The first-order valence-electron chi connectivity index (χ1n) is 6.06. The van der Waals surface area contributed by atoms with Gasteiger partial charge in [0.05, 0.1) is 0 Å². The van der Waals surface area contributed by atoms with Crippen LogP contribution in [0.3, 0.4) is 0 Å². The second-order valence-corrected chi connectivity index (χ2v) is 7.36. The lowest BCUT2D eigenvalue weighted by molar-refractivity contribution is 0.0656. The molecule has 1 aromatic heterocycles. The van der Waals surface area contributed by atoms with E-state index in [4.69, 9.17) is 9.52 Å². The number of rotatable bonds is 3. The molecule has 0 radical (unpaired) electrons. The largest absolute Gasteiger partial charge is 0.475 e. The summed E-state index contributed by atoms with van der Waals surface area (Å²) in [7, 11) is -3.72. The Balaban J connectivity index is 2.20. The van der Waals surface area contributed by atoms with Gasteiger partial charge in [-0.15, -0.1) is 0 Å². The Labute approximate surface area is 112 Å². The van der Waals surface area contributed by atoms with Gasteiger partial charge in [0.1, 0.15) is 0 Å². The van der Waals surface area contributed by atoms with Crippen molar-refractivity contribution in [2.24, 2.45) is 5.41 Å². The fourth-order valence-electron chi connectivity index (χ4n) is 2.03. The van der Waals surface area contributed by atoms with Crippen molar-refractivity contribution in [3.63, 3.8) is 0 Å². The molecule has 0 saturated carbocycles. The standard InChI is InChI=1S/C12H17NO5S/c1-12(2)5-7-13(8-6-12)19(16,17)10-4-3-9(18-10)11(14)15/h3-4H,5-8H2,1-2H3,(H,14,15). The minimum atomic E-state index is -3.72. The Kier molecular flexibility index (Phi) is 3.44. The van der Waals surface area contributed by atoms with E-state index in [2.05, 4.69) is 13.8 Å². The van der Waals surface area contributed by atoms with E-state index in [0.29, 0.717) is 13.1 Å². The fraction of sp³-hybridized carbons (Fsp3) is 0.583. The summed E-state index contributed by atoms with van der Waals surface area (Å²) in [6.45, 7) is 5.07. The average molecular weight is 287 g/mol. The van der Waals surface area contributed by atoms with Crippen molar-refractivity contribution >= 4 is 16.0 Å². The summed E-state index contributed by atoms with van der Waals surface area (Å²) in [4.78, 5) is 10.7. The molecule has 0 bridgehead atoms. The third kappa shape index (κ3) is 2.82. The molecule has 0 unspecified atom stereocenters. The van der Waals surface area contributed by atoms with Gasteiger partial charge in [-0.25, -0.2) is 13.2 Å². The molecular formula is C12H17NO5S.